The monoisotopic (exact) mass is 541 g/mol. The molecule has 0 saturated carbocycles. The van der Waals surface area contributed by atoms with E-state index in [1.165, 1.54) is 31.4 Å². The molecule has 14 heteroatoms. The van der Waals surface area contributed by atoms with Gasteiger partial charge in [0.05, 0.1) is 18.4 Å². The highest BCUT2D eigenvalue weighted by atomic mass is 16.4. The van der Waals surface area contributed by atoms with E-state index in [2.05, 4.69) is 32.2 Å². The second-order valence-corrected chi connectivity index (χ2v) is 8.70. The van der Waals surface area contributed by atoms with Crippen LogP contribution < -0.4 is 27.4 Å². The summed E-state index contributed by atoms with van der Waals surface area (Å²) in [6.07, 6.45) is 4.72. The molecule has 0 aliphatic carbocycles. The first-order valence-electron chi connectivity index (χ1n) is 12.4. The van der Waals surface area contributed by atoms with E-state index in [0.717, 1.165) is 12.2 Å². The Bertz CT molecular complexity index is 1270. The fourth-order valence-corrected chi connectivity index (χ4v) is 3.42. The second-order valence-electron chi connectivity index (χ2n) is 8.70. The number of carboxylic acids is 2. The molecular formula is C25H35N9O5. The van der Waals surface area contributed by atoms with Gasteiger partial charge in [0.25, 0.3) is 5.91 Å². The van der Waals surface area contributed by atoms with Gasteiger partial charge >= 0.3 is 11.9 Å². The molecule has 3 aromatic rings. The Hall–Kier alpha value is -4.59. The van der Waals surface area contributed by atoms with Gasteiger partial charge in [-0.05, 0) is 43.7 Å². The lowest BCUT2D eigenvalue weighted by molar-refractivity contribution is -0.140. The molecule has 1 atom stereocenters. The van der Waals surface area contributed by atoms with E-state index in [0.29, 0.717) is 23.4 Å². The van der Waals surface area contributed by atoms with Gasteiger partial charge in [0.1, 0.15) is 6.04 Å². The van der Waals surface area contributed by atoms with E-state index in [4.69, 9.17) is 22.3 Å². The number of hydrogen-bond donors (Lipinski definition) is 6. The largest absolute Gasteiger partial charge is 0.481 e. The number of nitrogens with two attached hydrogens (primary N) is 3. The van der Waals surface area contributed by atoms with E-state index >= 15 is 0 Å². The predicted octanol–water partition coefficient (Wildman–Crippen LogP) is 1.40. The third-order valence-corrected chi connectivity index (χ3v) is 5.53. The van der Waals surface area contributed by atoms with Crippen LogP contribution in [0.1, 0.15) is 55.1 Å². The Morgan fingerprint density at radius 2 is 1.74 bits per heavy atom. The number of anilines is 3. The molecule has 1 aromatic carbocycles. The van der Waals surface area contributed by atoms with Crippen LogP contribution >= 0.6 is 0 Å². The third-order valence-electron chi connectivity index (χ3n) is 5.53. The van der Waals surface area contributed by atoms with Crippen LogP contribution in [0.5, 0.6) is 0 Å². The SMILES string of the molecule is CCCCCN.CN(Cc1cnc2nc(N)nc(N)c2n1)c1ccc(C(=O)N[C@@H](CCC(=O)O)C(=O)O)cc1. The van der Waals surface area contributed by atoms with Gasteiger partial charge in [-0.15, -0.1) is 0 Å². The number of unbranched alkanes of at least 4 members (excludes halogenated alkanes) is 2. The molecule has 0 unspecified atom stereocenters. The Labute approximate surface area is 225 Å². The fraction of sp³-hybridized carbons (Fsp3) is 0.400. The quantitative estimate of drug-likeness (QED) is 0.178. The Kier molecular flexibility index (Phi) is 11.8. The minimum Gasteiger partial charge on any atom is -0.481 e. The molecule has 1 amide bonds. The summed E-state index contributed by atoms with van der Waals surface area (Å²) in [5.41, 5.74) is 18.9. The summed E-state index contributed by atoms with van der Waals surface area (Å²) in [5, 5.41) is 20.2. The maximum atomic E-state index is 12.4. The van der Waals surface area contributed by atoms with Crippen molar-refractivity contribution in [3.05, 3.63) is 41.7 Å². The number of carbonyl (C=O) groups excluding carboxylic acids is 1. The smallest absolute Gasteiger partial charge is 0.326 e. The minimum absolute atomic E-state index is 0.0138. The lowest BCUT2D eigenvalue weighted by Gasteiger charge is -2.19. The van der Waals surface area contributed by atoms with Gasteiger partial charge in [-0.3, -0.25) is 9.59 Å². The summed E-state index contributed by atoms with van der Waals surface area (Å²) in [7, 11) is 1.82. The van der Waals surface area contributed by atoms with E-state index < -0.39 is 23.9 Å². The molecule has 0 bridgehead atoms. The number of carbonyl (C=O) groups is 3. The van der Waals surface area contributed by atoms with Crippen molar-refractivity contribution in [2.45, 2.75) is 51.6 Å². The topological polar surface area (TPSA) is 237 Å². The second kappa shape index (κ2) is 15.0. The van der Waals surface area contributed by atoms with Crippen LogP contribution in [0.4, 0.5) is 17.5 Å². The lowest BCUT2D eigenvalue weighted by Crippen LogP contribution is -2.41. The van der Waals surface area contributed by atoms with Gasteiger partial charge in [0.15, 0.2) is 17.0 Å². The van der Waals surface area contributed by atoms with Crippen LogP contribution in [0.3, 0.4) is 0 Å². The van der Waals surface area contributed by atoms with Gasteiger partial charge in [-0.2, -0.15) is 9.97 Å². The zero-order chi connectivity index (χ0) is 28.9. The van der Waals surface area contributed by atoms with Crippen LogP contribution in [0.15, 0.2) is 30.5 Å². The van der Waals surface area contributed by atoms with Crippen LogP contribution in [0, 0.1) is 0 Å². The number of benzene rings is 1. The van der Waals surface area contributed by atoms with Crippen molar-refractivity contribution in [3.63, 3.8) is 0 Å². The summed E-state index contributed by atoms with van der Waals surface area (Å²) >= 11 is 0. The Morgan fingerprint density at radius 1 is 1.05 bits per heavy atom. The highest BCUT2D eigenvalue weighted by molar-refractivity contribution is 5.97. The molecule has 14 nitrogen and oxygen atoms in total. The number of amides is 1. The summed E-state index contributed by atoms with van der Waals surface area (Å²) in [5.74, 6) is -2.91. The third kappa shape index (κ3) is 9.66. The number of nitrogens with zero attached hydrogens (tertiary/aromatic N) is 5. The molecule has 0 saturated heterocycles. The molecule has 0 spiro atoms. The summed E-state index contributed by atoms with van der Waals surface area (Å²) in [4.78, 5) is 52.7. The maximum absolute atomic E-state index is 12.4. The zero-order valence-electron chi connectivity index (χ0n) is 22.0. The van der Waals surface area contributed by atoms with Crippen molar-refractivity contribution in [2.75, 3.05) is 30.0 Å². The molecule has 2 heterocycles. The molecule has 0 fully saturated rings. The Morgan fingerprint density at radius 3 is 2.31 bits per heavy atom. The molecule has 2 aromatic heterocycles. The number of carboxylic acid groups (broad SMARTS) is 2. The maximum Gasteiger partial charge on any atom is 0.326 e. The van der Waals surface area contributed by atoms with Crippen molar-refractivity contribution in [2.24, 2.45) is 5.73 Å². The molecule has 0 aliphatic heterocycles. The molecule has 0 radical (unpaired) electrons. The highest BCUT2D eigenvalue weighted by Gasteiger charge is 2.21. The lowest BCUT2D eigenvalue weighted by atomic mass is 10.1. The number of hydrogen-bond acceptors (Lipinski definition) is 11. The average Bonchev–Trinajstić information content (AvgIpc) is 2.90. The first-order valence-corrected chi connectivity index (χ1v) is 12.4. The van der Waals surface area contributed by atoms with E-state index in [1.54, 1.807) is 18.3 Å². The molecule has 0 aliphatic rings. The van der Waals surface area contributed by atoms with E-state index in [9.17, 15) is 19.5 Å². The first-order chi connectivity index (χ1) is 18.5. The van der Waals surface area contributed by atoms with Crippen molar-refractivity contribution in [1.82, 2.24) is 25.3 Å². The Balaban J connectivity index is 0.000000798. The van der Waals surface area contributed by atoms with Gasteiger partial charge in [0, 0.05) is 24.7 Å². The van der Waals surface area contributed by atoms with Crippen LogP contribution in [-0.2, 0) is 16.1 Å². The molecular weight excluding hydrogens is 506 g/mol. The molecule has 39 heavy (non-hydrogen) atoms. The van der Waals surface area contributed by atoms with Crippen molar-refractivity contribution < 1.29 is 24.6 Å². The van der Waals surface area contributed by atoms with E-state index in [1.807, 2.05) is 11.9 Å². The fourth-order valence-electron chi connectivity index (χ4n) is 3.42. The van der Waals surface area contributed by atoms with Crippen LogP contribution in [-0.4, -0.2) is 67.6 Å². The van der Waals surface area contributed by atoms with Crippen LogP contribution in [0.2, 0.25) is 0 Å². The van der Waals surface area contributed by atoms with Gasteiger partial charge in [0.2, 0.25) is 5.95 Å². The molecule has 3 rings (SSSR count). The van der Waals surface area contributed by atoms with Gasteiger partial charge in [-0.25, -0.2) is 14.8 Å². The highest BCUT2D eigenvalue weighted by Crippen LogP contribution is 2.19. The predicted molar refractivity (Wildman–Crippen MR) is 147 cm³/mol. The van der Waals surface area contributed by atoms with Crippen molar-refractivity contribution in [3.8, 4) is 0 Å². The van der Waals surface area contributed by atoms with E-state index in [-0.39, 0.29) is 30.2 Å². The number of nitrogen functional groups attached to an aromatic ring is 2. The summed E-state index contributed by atoms with van der Waals surface area (Å²) in [6.45, 7) is 3.40. The molecule has 9 N–H and O–H groups in total. The first kappa shape index (κ1) is 30.6. The van der Waals surface area contributed by atoms with Crippen LogP contribution in [0.25, 0.3) is 11.2 Å². The normalized spacial score (nSPS) is 11.3. The number of aromatic nitrogens is 4. The molecule has 210 valence electrons. The standard InChI is InChI=1S/C20H22N8O5.C5H13N/c1-28(9-11-8-23-17-15(24-11)16(21)26-20(22)27-17)12-4-2-10(3-5-12)18(31)25-13(19(32)33)6-7-14(29)30;1-2-3-4-5-6/h2-5,8,13H,6-7,9H2,1H3,(H,25,31)(H,29,30)(H,32,33)(H4,21,22,23,26,27);2-6H2,1H3/t13-;/m0./s1. The zero-order valence-corrected chi connectivity index (χ0v) is 22.0. The van der Waals surface area contributed by atoms with Crippen molar-refractivity contribution in [1.29, 1.82) is 0 Å². The number of fused-ring (bicyclic) bond motifs is 1. The number of aliphatic carboxylic acids is 2. The average molecular weight is 542 g/mol. The number of nitrogens with one attached hydrogen (secondary N) is 1. The van der Waals surface area contributed by atoms with Crippen molar-refractivity contribution >= 4 is 46.5 Å². The van der Waals surface area contributed by atoms with Gasteiger partial charge in [-0.1, -0.05) is 19.8 Å². The summed E-state index contributed by atoms with van der Waals surface area (Å²) < 4.78 is 0. The minimum atomic E-state index is -1.30. The summed E-state index contributed by atoms with van der Waals surface area (Å²) in [6, 6.07) is 5.16. The van der Waals surface area contributed by atoms with Gasteiger partial charge < -0.3 is 37.6 Å². The number of rotatable bonds is 12.